The maximum Gasteiger partial charge on any atom is 0.188 e. The average Bonchev–Trinajstić information content (AvgIpc) is 2.80. The first kappa shape index (κ1) is 19.0. The summed E-state index contributed by atoms with van der Waals surface area (Å²) >= 11 is 5.84. The van der Waals surface area contributed by atoms with Crippen LogP contribution in [0.15, 0.2) is 47.4 Å². The van der Waals surface area contributed by atoms with Gasteiger partial charge in [0, 0.05) is 23.4 Å². The minimum atomic E-state index is -4.10. The van der Waals surface area contributed by atoms with E-state index in [4.69, 9.17) is 11.6 Å². The Balaban J connectivity index is 2.25. The van der Waals surface area contributed by atoms with E-state index in [2.05, 4.69) is 0 Å². The fourth-order valence-corrected chi connectivity index (χ4v) is 5.83. The summed E-state index contributed by atoms with van der Waals surface area (Å²) in [5.41, 5.74) is -0.220. The molecule has 0 unspecified atom stereocenters. The number of hydrogen-bond donors (Lipinski definition) is 0. The van der Waals surface area contributed by atoms with Crippen LogP contribution in [-0.2, 0) is 19.4 Å². The molecule has 0 aromatic heterocycles. The van der Waals surface area contributed by atoms with Gasteiger partial charge in [-0.3, -0.25) is 4.79 Å². The molecule has 138 valence electrons. The lowest BCUT2D eigenvalue weighted by Crippen LogP contribution is -2.37. The lowest BCUT2D eigenvalue weighted by molar-refractivity contribution is -0.118. The van der Waals surface area contributed by atoms with Crippen LogP contribution >= 0.6 is 11.6 Å². The van der Waals surface area contributed by atoms with E-state index in [1.807, 2.05) is 0 Å². The van der Waals surface area contributed by atoms with E-state index in [9.17, 15) is 22.0 Å². The highest BCUT2D eigenvalue weighted by Crippen LogP contribution is 2.46. The highest BCUT2D eigenvalue weighted by molar-refractivity contribution is 7.92. The number of benzene rings is 2. The molecule has 1 atom stereocenters. The van der Waals surface area contributed by atoms with Gasteiger partial charge in [-0.2, -0.15) is 0 Å². The van der Waals surface area contributed by atoms with Crippen LogP contribution in [0.5, 0.6) is 0 Å². The first-order valence-corrected chi connectivity index (χ1v) is 10.1. The van der Waals surface area contributed by atoms with Gasteiger partial charge in [0.05, 0.1) is 4.90 Å². The second-order valence-corrected chi connectivity index (χ2v) is 9.16. The summed E-state index contributed by atoms with van der Waals surface area (Å²) in [5, 5.41) is 0.367. The molecular weight excluding hydrogens is 382 g/mol. The average molecular weight is 399 g/mol. The molecule has 2 aromatic rings. The Morgan fingerprint density at radius 2 is 1.65 bits per heavy atom. The molecule has 0 saturated heterocycles. The fourth-order valence-electron chi connectivity index (χ4n) is 3.53. The molecule has 3 rings (SSSR count). The third kappa shape index (κ3) is 3.28. The number of carbonyl (C=O) groups is 1. The quantitative estimate of drug-likeness (QED) is 0.696. The van der Waals surface area contributed by atoms with Gasteiger partial charge in [-0.05, 0) is 61.7 Å². The van der Waals surface area contributed by atoms with E-state index in [-0.39, 0.29) is 41.9 Å². The number of ketones is 1. The third-order valence-corrected chi connectivity index (χ3v) is 7.70. The zero-order valence-corrected chi connectivity index (χ0v) is 15.4. The molecule has 26 heavy (non-hydrogen) atoms. The molecule has 1 aliphatic rings. The zero-order chi connectivity index (χ0) is 18.9. The van der Waals surface area contributed by atoms with Gasteiger partial charge in [0.15, 0.2) is 9.84 Å². The van der Waals surface area contributed by atoms with Crippen molar-refractivity contribution in [1.82, 2.24) is 0 Å². The van der Waals surface area contributed by atoms with Gasteiger partial charge in [-0.15, -0.1) is 0 Å². The first-order chi connectivity index (χ1) is 12.3. The topological polar surface area (TPSA) is 51.2 Å². The van der Waals surface area contributed by atoms with E-state index >= 15 is 0 Å². The minimum Gasteiger partial charge on any atom is -0.300 e. The summed E-state index contributed by atoms with van der Waals surface area (Å²) in [6, 6.07) is 8.38. The number of Topliss-reactive ketones (excluding diaryl/α,β-unsaturated/α-hetero) is 1. The Morgan fingerprint density at radius 1 is 0.962 bits per heavy atom. The van der Waals surface area contributed by atoms with Crippen LogP contribution in [0.4, 0.5) is 8.78 Å². The van der Waals surface area contributed by atoms with Crippen molar-refractivity contribution in [3.63, 3.8) is 0 Å². The number of rotatable bonds is 3. The second kappa shape index (κ2) is 7.08. The monoisotopic (exact) mass is 398 g/mol. The molecule has 3 nitrogen and oxygen atoms in total. The third-order valence-electron chi connectivity index (χ3n) is 4.90. The number of carbonyl (C=O) groups excluding carboxylic acids is 1. The van der Waals surface area contributed by atoms with Crippen LogP contribution in [0.1, 0.15) is 37.7 Å². The molecule has 0 aliphatic heterocycles. The standard InChI is InChI=1S/C19H17ClF2O3S/c20-13-3-6-16(7-4-13)26(24,25)19(10-1-2-15(23)9-11-19)17-12-14(21)5-8-18(17)22/h3-8,12H,1-2,9-11H2/t19-/m0/s1. The summed E-state index contributed by atoms with van der Waals surface area (Å²) in [5.74, 6) is -1.59. The molecule has 0 N–H and O–H groups in total. The highest BCUT2D eigenvalue weighted by atomic mass is 35.5. The first-order valence-electron chi connectivity index (χ1n) is 8.24. The Bertz CT molecular complexity index is 942. The molecule has 0 spiro atoms. The highest BCUT2D eigenvalue weighted by Gasteiger charge is 2.48. The largest absolute Gasteiger partial charge is 0.300 e. The van der Waals surface area contributed by atoms with Gasteiger partial charge in [-0.1, -0.05) is 11.6 Å². The second-order valence-electron chi connectivity index (χ2n) is 6.47. The van der Waals surface area contributed by atoms with Crippen molar-refractivity contribution in [2.24, 2.45) is 0 Å². The Labute approximate surface area is 155 Å². The van der Waals surface area contributed by atoms with E-state index in [0.29, 0.717) is 11.4 Å². The van der Waals surface area contributed by atoms with Crippen molar-refractivity contribution < 1.29 is 22.0 Å². The lowest BCUT2D eigenvalue weighted by atomic mass is 9.90. The molecule has 0 heterocycles. The summed E-state index contributed by atoms with van der Waals surface area (Å²) in [6.07, 6.45) is 0.487. The van der Waals surface area contributed by atoms with Crippen molar-refractivity contribution in [3.8, 4) is 0 Å². The molecule has 0 radical (unpaired) electrons. The minimum absolute atomic E-state index is 0.00275. The Hall–Kier alpha value is -1.79. The van der Waals surface area contributed by atoms with Gasteiger partial charge < -0.3 is 0 Å². The van der Waals surface area contributed by atoms with Crippen LogP contribution in [0.25, 0.3) is 0 Å². The molecular formula is C19H17ClF2O3S. The van der Waals surface area contributed by atoms with Crippen LogP contribution < -0.4 is 0 Å². The van der Waals surface area contributed by atoms with Crippen molar-refractivity contribution in [3.05, 3.63) is 64.7 Å². The molecule has 1 aliphatic carbocycles. The number of hydrogen-bond acceptors (Lipinski definition) is 3. The maximum atomic E-state index is 14.6. The van der Waals surface area contributed by atoms with Crippen LogP contribution in [0.3, 0.4) is 0 Å². The van der Waals surface area contributed by atoms with E-state index in [0.717, 1.165) is 18.2 Å². The summed E-state index contributed by atoms with van der Waals surface area (Å²) in [7, 11) is -4.10. The Morgan fingerprint density at radius 3 is 2.35 bits per heavy atom. The summed E-state index contributed by atoms with van der Waals surface area (Å²) in [6.45, 7) is 0. The molecule has 7 heteroatoms. The van der Waals surface area contributed by atoms with Crippen molar-refractivity contribution in [1.29, 1.82) is 0 Å². The maximum absolute atomic E-state index is 14.6. The summed E-state index contributed by atoms with van der Waals surface area (Å²) < 4.78 is 53.8. The Kier molecular flexibility index (Phi) is 5.17. The number of sulfone groups is 1. The van der Waals surface area contributed by atoms with Gasteiger partial charge >= 0.3 is 0 Å². The molecule has 1 fully saturated rings. The zero-order valence-electron chi connectivity index (χ0n) is 13.8. The van der Waals surface area contributed by atoms with Crippen molar-refractivity contribution >= 4 is 27.2 Å². The smallest absolute Gasteiger partial charge is 0.188 e. The van der Waals surface area contributed by atoms with Crippen molar-refractivity contribution in [2.75, 3.05) is 0 Å². The van der Waals surface area contributed by atoms with Gasteiger partial charge in [0.25, 0.3) is 0 Å². The normalized spacial score (nSPS) is 21.4. The summed E-state index contributed by atoms with van der Waals surface area (Å²) in [4.78, 5) is 11.9. The predicted molar refractivity (Wildman–Crippen MR) is 94.8 cm³/mol. The van der Waals surface area contributed by atoms with E-state index in [1.165, 1.54) is 24.3 Å². The van der Waals surface area contributed by atoms with Crippen LogP contribution in [-0.4, -0.2) is 14.2 Å². The van der Waals surface area contributed by atoms with Crippen molar-refractivity contribution in [2.45, 2.75) is 41.7 Å². The lowest BCUT2D eigenvalue weighted by Gasteiger charge is -2.33. The van der Waals surface area contributed by atoms with Crippen LogP contribution in [0.2, 0.25) is 5.02 Å². The van der Waals surface area contributed by atoms with E-state index in [1.54, 1.807) is 0 Å². The molecule has 2 aromatic carbocycles. The SMILES string of the molecule is O=C1CCC[C@](c2cc(F)ccc2F)(S(=O)(=O)c2ccc(Cl)cc2)CC1. The van der Waals surface area contributed by atoms with Gasteiger partial charge in [0.1, 0.15) is 22.2 Å². The fraction of sp³-hybridized carbons (Fsp3) is 0.316. The predicted octanol–water partition coefficient (Wildman–Crippen LogP) is 4.82. The molecule has 0 amide bonds. The van der Waals surface area contributed by atoms with Gasteiger partial charge in [0.2, 0.25) is 0 Å². The molecule has 0 bridgehead atoms. The molecule has 1 saturated carbocycles. The van der Waals surface area contributed by atoms with Crippen LogP contribution in [0, 0.1) is 11.6 Å². The number of halogens is 3. The van der Waals surface area contributed by atoms with Gasteiger partial charge in [-0.25, -0.2) is 17.2 Å². The van der Waals surface area contributed by atoms with E-state index < -0.39 is 26.2 Å².